The highest BCUT2D eigenvalue weighted by molar-refractivity contribution is 8.19. The Balaban J connectivity index is 1.77. The average molecular weight is 482 g/mol. The van der Waals surface area contributed by atoms with Crippen LogP contribution in [-0.4, -0.2) is 23.5 Å². The fourth-order valence-corrected chi connectivity index (χ4v) is 5.91. The molecular formula is C29H27N3O2S. The van der Waals surface area contributed by atoms with E-state index in [4.69, 9.17) is 4.99 Å². The number of carbonyl (C=O) groups excluding carboxylic acids is 2. The van der Waals surface area contributed by atoms with E-state index in [0.717, 1.165) is 44.9 Å². The maximum absolute atomic E-state index is 14.1. The summed E-state index contributed by atoms with van der Waals surface area (Å²) in [4.78, 5) is 36.5. The van der Waals surface area contributed by atoms with Crippen LogP contribution in [0.5, 0.6) is 0 Å². The SMILES string of the molecule is CCN1C(=O)C(=C2SC(=Nc3c(C)cccc3C)N(c3c(C)cccc3C)C2=O)c2ccccc21. The van der Waals surface area contributed by atoms with E-state index < -0.39 is 0 Å². The van der Waals surface area contributed by atoms with Crippen LogP contribution in [0.25, 0.3) is 5.57 Å². The van der Waals surface area contributed by atoms with E-state index in [9.17, 15) is 9.59 Å². The Labute approximate surface area is 210 Å². The largest absolute Gasteiger partial charge is 0.308 e. The highest BCUT2D eigenvalue weighted by atomic mass is 32.2. The van der Waals surface area contributed by atoms with E-state index in [1.807, 2.05) is 95.3 Å². The number of benzene rings is 3. The van der Waals surface area contributed by atoms with Crippen LogP contribution in [0.2, 0.25) is 0 Å². The third-order valence-corrected chi connectivity index (χ3v) is 7.60. The molecule has 2 aliphatic rings. The highest BCUT2D eigenvalue weighted by Crippen LogP contribution is 2.47. The van der Waals surface area contributed by atoms with Gasteiger partial charge in [0.25, 0.3) is 11.8 Å². The van der Waals surface area contributed by atoms with Gasteiger partial charge in [-0.05, 0) is 74.7 Å². The van der Waals surface area contributed by atoms with Crippen molar-refractivity contribution in [3.8, 4) is 0 Å². The molecule has 0 radical (unpaired) electrons. The summed E-state index contributed by atoms with van der Waals surface area (Å²) in [5.74, 6) is -0.354. The van der Waals surface area contributed by atoms with Crippen molar-refractivity contribution in [3.05, 3.63) is 93.4 Å². The van der Waals surface area contributed by atoms with Crippen LogP contribution in [0, 0.1) is 27.7 Å². The van der Waals surface area contributed by atoms with E-state index in [-0.39, 0.29) is 11.8 Å². The lowest BCUT2D eigenvalue weighted by atomic mass is 10.1. The Hall–Kier alpha value is -3.64. The van der Waals surface area contributed by atoms with E-state index in [1.54, 1.807) is 9.80 Å². The molecule has 176 valence electrons. The maximum atomic E-state index is 14.1. The first-order chi connectivity index (χ1) is 16.8. The number of rotatable bonds is 3. The minimum absolute atomic E-state index is 0.140. The Morgan fingerprint density at radius 3 is 2.00 bits per heavy atom. The van der Waals surface area contributed by atoms with Crippen molar-refractivity contribution in [1.29, 1.82) is 0 Å². The Morgan fingerprint density at radius 1 is 0.771 bits per heavy atom. The summed E-state index contributed by atoms with van der Waals surface area (Å²) in [5.41, 5.74) is 7.79. The number of thioether (sulfide) groups is 1. The zero-order valence-electron chi connectivity index (χ0n) is 20.5. The van der Waals surface area contributed by atoms with E-state index in [0.29, 0.717) is 22.2 Å². The number of amides is 2. The molecule has 0 N–H and O–H groups in total. The van der Waals surface area contributed by atoms with Gasteiger partial charge in [-0.15, -0.1) is 0 Å². The second kappa shape index (κ2) is 8.86. The molecule has 0 aliphatic carbocycles. The van der Waals surface area contributed by atoms with Crippen molar-refractivity contribution in [2.24, 2.45) is 4.99 Å². The molecular weight excluding hydrogens is 454 g/mol. The Morgan fingerprint density at radius 2 is 1.37 bits per heavy atom. The quantitative estimate of drug-likeness (QED) is 0.403. The molecule has 3 aromatic carbocycles. The average Bonchev–Trinajstić information content (AvgIpc) is 3.29. The van der Waals surface area contributed by atoms with Crippen LogP contribution in [0.15, 0.2) is 70.6 Å². The first kappa shape index (κ1) is 23.1. The minimum Gasteiger partial charge on any atom is -0.308 e. The Bertz CT molecular complexity index is 1410. The van der Waals surface area contributed by atoms with Gasteiger partial charge in [-0.1, -0.05) is 54.6 Å². The van der Waals surface area contributed by atoms with Gasteiger partial charge in [0.1, 0.15) is 0 Å². The van der Waals surface area contributed by atoms with Crippen LogP contribution in [0.4, 0.5) is 17.1 Å². The molecule has 3 aromatic rings. The lowest BCUT2D eigenvalue weighted by Gasteiger charge is -2.21. The third kappa shape index (κ3) is 3.69. The van der Waals surface area contributed by atoms with Gasteiger partial charge < -0.3 is 4.90 Å². The first-order valence-corrected chi connectivity index (χ1v) is 12.5. The molecule has 1 fully saturated rings. The van der Waals surface area contributed by atoms with E-state index in [1.165, 1.54) is 11.8 Å². The number of hydrogen-bond donors (Lipinski definition) is 0. The summed E-state index contributed by atoms with van der Waals surface area (Å²) in [5, 5.41) is 0.563. The number of anilines is 2. The summed E-state index contributed by atoms with van der Waals surface area (Å²) in [6.07, 6.45) is 0. The lowest BCUT2D eigenvalue weighted by Crippen LogP contribution is -2.31. The van der Waals surface area contributed by atoms with Gasteiger partial charge in [0.15, 0.2) is 5.17 Å². The minimum atomic E-state index is -0.214. The number of likely N-dealkylation sites (N-methyl/N-ethyl adjacent to an activating group) is 1. The first-order valence-electron chi connectivity index (χ1n) is 11.7. The molecule has 0 unspecified atom stereocenters. The van der Waals surface area contributed by atoms with Crippen LogP contribution in [0.3, 0.4) is 0 Å². The van der Waals surface area contributed by atoms with Gasteiger partial charge >= 0.3 is 0 Å². The highest BCUT2D eigenvalue weighted by Gasteiger charge is 2.43. The molecule has 5 rings (SSSR count). The fraction of sp³-hybridized carbons (Fsp3) is 0.207. The van der Waals surface area contributed by atoms with Crippen molar-refractivity contribution >= 4 is 51.4 Å². The van der Waals surface area contributed by atoms with Crippen molar-refractivity contribution in [3.63, 3.8) is 0 Å². The number of fused-ring (bicyclic) bond motifs is 1. The predicted molar refractivity (Wildman–Crippen MR) is 145 cm³/mol. The molecule has 1 saturated heterocycles. The van der Waals surface area contributed by atoms with Crippen molar-refractivity contribution in [2.45, 2.75) is 34.6 Å². The van der Waals surface area contributed by atoms with Crippen molar-refractivity contribution in [1.82, 2.24) is 0 Å². The van der Waals surface area contributed by atoms with Gasteiger partial charge in [-0.2, -0.15) is 0 Å². The number of para-hydroxylation sites is 3. The van der Waals surface area contributed by atoms with Gasteiger partial charge in [-0.25, -0.2) is 4.99 Å². The molecule has 2 heterocycles. The van der Waals surface area contributed by atoms with Crippen molar-refractivity contribution in [2.75, 3.05) is 16.3 Å². The second-order valence-corrected chi connectivity index (χ2v) is 9.87. The van der Waals surface area contributed by atoms with Crippen LogP contribution >= 0.6 is 11.8 Å². The molecule has 5 nitrogen and oxygen atoms in total. The van der Waals surface area contributed by atoms with Gasteiger partial charge in [-0.3, -0.25) is 14.5 Å². The summed E-state index contributed by atoms with van der Waals surface area (Å²) in [6, 6.07) is 19.7. The number of aliphatic imine (C=N–C) groups is 1. The lowest BCUT2D eigenvalue weighted by molar-refractivity contribution is -0.115. The molecule has 0 bridgehead atoms. The van der Waals surface area contributed by atoms with Crippen LogP contribution < -0.4 is 9.80 Å². The summed E-state index contributed by atoms with van der Waals surface area (Å²) in [7, 11) is 0. The topological polar surface area (TPSA) is 53.0 Å². The molecule has 35 heavy (non-hydrogen) atoms. The summed E-state index contributed by atoms with van der Waals surface area (Å²) < 4.78 is 0. The number of hydrogen-bond acceptors (Lipinski definition) is 4. The number of nitrogens with zero attached hydrogens (tertiary/aromatic N) is 3. The molecule has 0 spiro atoms. The molecule has 2 aliphatic heterocycles. The number of carbonyl (C=O) groups is 2. The number of amidine groups is 1. The van der Waals surface area contributed by atoms with E-state index >= 15 is 0 Å². The third-order valence-electron chi connectivity index (χ3n) is 6.56. The molecule has 0 saturated carbocycles. The standard InChI is InChI=1S/C29H27N3O2S/c1-6-31-22-16-8-7-15-21(22)23(27(31)33)26-28(34)32(25-19(4)13-10-14-20(25)5)29(35-26)30-24-17(2)11-9-12-18(24)3/h7-16H,6H2,1-5H3. The Kier molecular flexibility index (Phi) is 5.85. The molecule has 0 aromatic heterocycles. The zero-order chi connectivity index (χ0) is 24.9. The number of aryl methyl sites for hydroxylation is 4. The summed E-state index contributed by atoms with van der Waals surface area (Å²) in [6.45, 7) is 10.5. The van der Waals surface area contributed by atoms with Gasteiger partial charge in [0.05, 0.1) is 27.5 Å². The van der Waals surface area contributed by atoms with Crippen molar-refractivity contribution < 1.29 is 9.59 Å². The van der Waals surface area contributed by atoms with Crippen LogP contribution in [-0.2, 0) is 9.59 Å². The van der Waals surface area contributed by atoms with Gasteiger partial charge in [0.2, 0.25) is 0 Å². The molecule has 0 atom stereocenters. The summed E-state index contributed by atoms with van der Waals surface area (Å²) >= 11 is 1.29. The molecule has 2 amide bonds. The van der Waals surface area contributed by atoms with Gasteiger partial charge in [0, 0.05) is 12.1 Å². The second-order valence-electron chi connectivity index (χ2n) is 8.89. The normalized spacial score (nSPS) is 18.7. The maximum Gasteiger partial charge on any atom is 0.272 e. The van der Waals surface area contributed by atoms with E-state index in [2.05, 4.69) is 0 Å². The zero-order valence-corrected chi connectivity index (χ0v) is 21.4. The fourth-order valence-electron chi connectivity index (χ4n) is 4.85. The molecule has 6 heteroatoms. The van der Waals surface area contributed by atoms with Crippen LogP contribution in [0.1, 0.15) is 34.7 Å². The smallest absolute Gasteiger partial charge is 0.272 e. The predicted octanol–water partition coefficient (Wildman–Crippen LogP) is 6.47. The monoisotopic (exact) mass is 481 g/mol.